The number of hydrogen-bond donors (Lipinski definition) is 1. The lowest BCUT2D eigenvalue weighted by molar-refractivity contribution is -0.274. The van der Waals surface area contributed by atoms with Gasteiger partial charge in [0.25, 0.3) is 5.91 Å². The van der Waals surface area contributed by atoms with Crippen molar-refractivity contribution in [1.82, 2.24) is 5.32 Å². The molecule has 2 rings (SSSR count). The van der Waals surface area contributed by atoms with E-state index in [-0.39, 0.29) is 5.56 Å². The molecule has 11 heteroatoms. The zero-order valence-electron chi connectivity index (χ0n) is 15.3. The van der Waals surface area contributed by atoms with Crippen molar-refractivity contribution in [3.8, 4) is 17.6 Å². The minimum atomic E-state index is -4.89. The zero-order chi connectivity index (χ0) is 22.6. The van der Waals surface area contributed by atoms with Crippen molar-refractivity contribution in [2.75, 3.05) is 6.54 Å². The van der Waals surface area contributed by atoms with Gasteiger partial charge in [-0.2, -0.15) is 18.4 Å². The Morgan fingerprint density at radius 1 is 1.00 bits per heavy atom. The molecular formula is C19H14F6N2O3. The molecule has 0 saturated carbocycles. The highest BCUT2D eigenvalue weighted by Gasteiger charge is 2.37. The molecule has 1 atom stereocenters. The Kier molecular flexibility index (Phi) is 6.50. The molecule has 0 radical (unpaired) electrons. The minimum Gasteiger partial charge on any atom is -0.470 e. The van der Waals surface area contributed by atoms with Crippen LogP contribution in [0.4, 0.5) is 26.3 Å². The van der Waals surface area contributed by atoms with E-state index in [1.54, 1.807) is 6.07 Å². The largest absolute Gasteiger partial charge is 0.573 e. The van der Waals surface area contributed by atoms with Crippen LogP contribution in [0.1, 0.15) is 22.8 Å². The molecule has 1 amide bonds. The molecule has 0 heterocycles. The lowest BCUT2D eigenvalue weighted by atomic mass is 10.1. The van der Waals surface area contributed by atoms with Gasteiger partial charge in [-0.1, -0.05) is 12.1 Å². The van der Waals surface area contributed by atoms with Crippen LogP contribution in [0.5, 0.6) is 11.5 Å². The van der Waals surface area contributed by atoms with Crippen LogP contribution in [0.3, 0.4) is 0 Å². The third-order valence-corrected chi connectivity index (χ3v) is 3.70. The molecular weight excluding hydrogens is 418 g/mol. The Balaban J connectivity index is 2.08. The summed E-state index contributed by atoms with van der Waals surface area (Å²) < 4.78 is 84.6. The maximum atomic E-state index is 13.1. The third kappa shape index (κ3) is 6.30. The second-order valence-corrected chi connectivity index (χ2v) is 6.19. The van der Waals surface area contributed by atoms with Crippen molar-refractivity contribution in [3.05, 3.63) is 59.7 Å². The van der Waals surface area contributed by atoms with E-state index in [0.29, 0.717) is 0 Å². The van der Waals surface area contributed by atoms with Crippen molar-refractivity contribution >= 4 is 5.91 Å². The average molecular weight is 432 g/mol. The van der Waals surface area contributed by atoms with Crippen molar-refractivity contribution in [2.24, 2.45) is 0 Å². The number of carbonyl (C=O) groups is 1. The topological polar surface area (TPSA) is 71.4 Å². The fraction of sp³-hybridized carbons (Fsp3) is 0.263. The summed E-state index contributed by atoms with van der Waals surface area (Å²) in [5.41, 5.74) is -2.99. The van der Waals surface area contributed by atoms with Crippen molar-refractivity contribution in [2.45, 2.75) is 25.1 Å². The number of halogens is 6. The van der Waals surface area contributed by atoms with Gasteiger partial charge in [-0.25, -0.2) is 0 Å². The molecule has 160 valence electrons. The standard InChI is InChI=1S/C19H14F6N2O3/c1-17(10-26,30-15-5-3-2-4-14(15)18(20,21)22)11-27-16(28)12-6-8-13(9-7-12)29-19(23,24)25/h2-9H,11H2,1H3,(H,27,28). The van der Waals surface area contributed by atoms with Crippen LogP contribution in [0.2, 0.25) is 0 Å². The van der Waals surface area contributed by atoms with E-state index in [1.807, 2.05) is 0 Å². The van der Waals surface area contributed by atoms with Gasteiger partial charge in [-0.3, -0.25) is 4.79 Å². The first kappa shape index (κ1) is 22.9. The smallest absolute Gasteiger partial charge is 0.470 e. The molecule has 1 N–H and O–H groups in total. The van der Waals surface area contributed by atoms with Crippen molar-refractivity contribution in [3.63, 3.8) is 0 Å². The molecule has 0 aliphatic rings. The SMILES string of the molecule is CC(C#N)(CNC(=O)c1ccc(OC(F)(F)F)cc1)Oc1ccccc1C(F)(F)F. The van der Waals surface area contributed by atoms with Gasteiger partial charge in [0, 0.05) is 5.56 Å². The summed E-state index contributed by atoms with van der Waals surface area (Å²) in [7, 11) is 0. The average Bonchev–Trinajstić information content (AvgIpc) is 2.65. The second kappa shape index (κ2) is 8.52. The second-order valence-electron chi connectivity index (χ2n) is 6.19. The molecule has 0 saturated heterocycles. The molecule has 0 bridgehead atoms. The van der Waals surface area contributed by atoms with E-state index in [0.717, 1.165) is 42.5 Å². The summed E-state index contributed by atoms with van der Waals surface area (Å²) in [6, 6.07) is 9.93. The first-order valence-corrected chi connectivity index (χ1v) is 8.23. The van der Waals surface area contributed by atoms with E-state index in [4.69, 9.17) is 4.74 Å². The Morgan fingerprint density at radius 2 is 1.60 bits per heavy atom. The first-order chi connectivity index (χ1) is 13.8. The van der Waals surface area contributed by atoms with E-state index < -0.39 is 47.7 Å². The maximum Gasteiger partial charge on any atom is 0.573 e. The highest BCUT2D eigenvalue weighted by atomic mass is 19.4. The number of nitriles is 1. The van der Waals surface area contributed by atoms with Crippen LogP contribution < -0.4 is 14.8 Å². The molecule has 2 aromatic rings. The lowest BCUT2D eigenvalue weighted by Crippen LogP contribution is -2.44. The summed E-state index contributed by atoms with van der Waals surface area (Å²) in [5, 5.41) is 11.6. The fourth-order valence-corrected chi connectivity index (χ4v) is 2.29. The monoisotopic (exact) mass is 432 g/mol. The lowest BCUT2D eigenvalue weighted by Gasteiger charge is -2.25. The summed E-state index contributed by atoms with van der Waals surface area (Å²) >= 11 is 0. The fourth-order valence-electron chi connectivity index (χ4n) is 2.29. The molecule has 2 aromatic carbocycles. The van der Waals surface area contributed by atoms with Gasteiger partial charge in [0.2, 0.25) is 5.60 Å². The molecule has 0 fully saturated rings. The number of alkyl halides is 6. The Morgan fingerprint density at radius 3 is 2.13 bits per heavy atom. The van der Waals surface area contributed by atoms with E-state index in [2.05, 4.69) is 10.1 Å². The van der Waals surface area contributed by atoms with Gasteiger partial charge in [-0.15, -0.1) is 13.2 Å². The molecule has 0 spiro atoms. The predicted molar refractivity (Wildman–Crippen MR) is 91.5 cm³/mol. The predicted octanol–water partition coefficient (Wildman–Crippen LogP) is 4.70. The van der Waals surface area contributed by atoms with Gasteiger partial charge < -0.3 is 14.8 Å². The Labute approximate surface area is 166 Å². The van der Waals surface area contributed by atoms with Crippen LogP contribution in [0.15, 0.2) is 48.5 Å². The summed E-state index contributed by atoms with van der Waals surface area (Å²) in [6.45, 7) is 0.691. The summed E-state index contributed by atoms with van der Waals surface area (Å²) in [4.78, 5) is 12.2. The number of nitrogens with one attached hydrogen (secondary N) is 1. The normalized spacial score (nSPS) is 13.7. The number of benzene rings is 2. The van der Waals surface area contributed by atoms with Crippen LogP contribution in [-0.4, -0.2) is 24.4 Å². The van der Waals surface area contributed by atoms with E-state index in [1.165, 1.54) is 13.0 Å². The Bertz CT molecular complexity index is 935. The minimum absolute atomic E-state index is 0.0551. The quantitative estimate of drug-likeness (QED) is 0.672. The summed E-state index contributed by atoms with van der Waals surface area (Å²) in [6.07, 6.45) is -9.60. The molecule has 1 unspecified atom stereocenters. The first-order valence-electron chi connectivity index (χ1n) is 8.23. The van der Waals surface area contributed by atoms with Crippen LogP contribution in [0, 0.1) is 11.3 Å². The highest BCUT2D eigenvalue weighted by Crippen LogP contribution is 2.37. The van der Waals surface area contributed by atoms with Crippen LogP contribution in [-0.2, 0) is 6.18 Å². The number of ether oxygens (including phenoxy) is 2. The van der Waals surface area contributed by atoms with Crippen LogP contribution >= 0.6 is 0 Å². The van der Waals surface area contributed by atoms with Gasteiger partial charge in [0.1, 0.15) is 17.6 Å². The number of rotatable bonds is 6. The van der Waals surface area contributed by atoms with Gasteiger partial charge in [0.05, 0.1) is 12.1 Å². The molecule has 0 aromatic heterocycles. The third-order valence-electron chi connectivity index (χ3n) is 3.70. The van der Waals surface area contributed by atoms with Gasteiger partial charge in [-0.05, 0) is 43.3 Å². The van der Waals surface area contributed by atoms with Gasteiger partial charge in [0.15, 0.2) is 0 Å². The van der Waals surface area contributed by atoms with Gasteiger partial charge >= 0.3 is 12.5 Å². The molecule has 0 aliphatic carbocycles. The van der Waals surface area contributed by atoms with Crippen molar-refractivity contribution in [1.29, 1.82) is 5.26 Å². The van der Waals surface area contributed by atoms with E-state index in [9.17, 15) is 36.4 Å². The Hall–Kier alpha value is -3.42. The summed E-state index contributed by atoms with van der Waals surface area (Å²) in [5.74, 6) is -1.90. The van der Waals surface area contributed by atoms with Crippen molar-refractivity contribution < 1.29 is 40.6 Å². The number of para-hydroxylation sites is 1. The number of amides is 1. The number of hydrogen-bond acceptors (Lipinski definition) is 4. The zero-order valence-corrected chi connectivity index (χ0v) is 15.3. The maximum absolute atomic E-state index is 13.1. The molecule has 5 nitrogen and oxygen atoms in total. The number of carbonyl (C=O) groups excluding carboxylic acids is 1. The number of nitrogens with zero attached hydrogens (tertiary/aromatic N) is 1. The van der Waals surface area contributed by atoms with E-state index >= 15 is 0 Å². The highest BCUT2D eigenvalue weighted by molar-refractivity contribution is 5.94. The molecule has 30 heavy (non-hydrogen) atoms. The molecule has 0 aliphatic heterocycles. The van der Waals surface area contributed by atoms with Crippen LogP contribution in [0.25, 0.3) is 0 Å².